The van der Waals surface area contributed by atoms with Crippen molar-refractivity contribution in [3.05, 3.63) is 30.1 Å². The van der Waals surface area contributed by atoms with Gasteiger partial charge in [-0.15, -0.1) is 0 Å². The van der Waals surface area contributed by atoms with E-state index in [0.29, 0.717) is 0 Å². The zero-order valence-electron chi connectivity index (χ0n) is 9.44. The van der Waals surface area contributed by atoms with Crippen molar-refractivity contribution in [2.24, 2.45) is 5.73 Å². The number of aromatic nitrogens is 1. The second-order valence-corrected chi connectivity index (χ2v) is 4.09. The van der Waals surface area contributed by atoms with Gasteiger partial charge in [0.15, 0.2) is 12.4 Å². The third kappa shape index (κ3) is 2.20. The minimum absolute atomic E-state index is 0.204. The first kappa shape index (κ1) is 12.9. The molecule has 1 amide bonds. The number of primary amides is 1. The molecule has 1 fully saturated rings. The summed E-state index contributed by atoms with van der Waals surface area (Å²) in [6, 6.07) is 3.01. The monoisotopic (exact) mass is 257 g/mol. The molecule has 0 unspecified atom stereocenters. The highest BCUT2D eigenvalue weighted by Gasteiger charge is 2.49. The van der Waals surface area contributed by atoms with E-state index < -0.39 is 37.1 Å². The quantitative estimate of drug-likeness (QED) is 0.584. The number of nitrogens with two attached hydrogens (primary N) is 1. The molecule has 0 bridgehead atoms. The number of carbonyl (C=O) groups is 1. The molecule has 1 aliphatic rings. The number of pyridine rings is 1. The van der Waals surface area contributed by atoms with Crippen molar-refractivity contribution in [1.29, 1.82) is 0 Å². The smallest absolute Gasteiger partial charge is 0.297 e. The summed E-state index contributed by atoms with van der Waals surface area (Å²) in [5.74, 6) is -0.642. The lowest BCUT2D eigenvalue weighted by atomic mass is 10.1. The summed E-state index contributed by atoms with van der Waals surface area (Å²) in [7, 11) is 0. The van der Waals surface area contributed by atoms with E-state index in [-0.39, 0.29) is 5.56 Å². The van der Waals surface area contributed by atoms with Crippen molar-refractivity contribution in [2.45, 2.75) is 24.6 Å². The van der Waals surface area contributed by atoms with Gasteiger partial charge in [0.2, 0.25) is 6.17 Å². The van der Waals surface area contributed by atoms with Crippen LogP contribution in [0.1, 0.15) is 16.6 Å². The fraction of sp³-hybridized carbons (Fsp3) is 0.455. The lowest BCUT2D eigenvalue weighted by Crippen LogP contribution is -2.45. The molecule has 1 aliphatic heterocycles. The van der Waals surface area contributed by atoms with Crippen molar-refractivity contribution in [2.75, 3.05) is 6.61 Å². The molecule has 2 heterocycles. The molecular formula is C11H14FN2O4+. The topological polar surface area (TPSA) is 96.7 Å². The molecule has 1 saturated heterocycles. The van der Waals surface area contributed by atoms with Crippen molar-refractivity contribution in [3.8, 4) is 0 Å². The molecule has 0 spiro atoms. The SMILES string of the molecule is NC(=O)c1ccc[n+]([C@H]2O[C@H](CO)[C@@H](O)[C@@H]2F)c1. The number of ether oxygens (including phenoxy) is 1. The second-order valence-electron chi connectivity index (χ2n) is 4.09. The summed E-state index contributed by atoms with van der Waals surface area (Å²) in [4.78, 5) is 11.0. The average Bonchev–Trinajstić information content (AvgIpc) is 2.66. The maximum atomic E-state index is 13.8. The predicted molar refractivity (Wildman–Crippen MR) is 57.1 cm³/mol. The van der Waals surface area contributed by atoms with Gasteiger partial charge in [0.05, 0.1) is 6.61 Å². The van der Waals surface area contributed by atoms with Crippen LogP contribution in [0.2, 0.25) is 0 Å². The highest BCUT2D eigenvalue weighted by molar-refractivity contribution is 5.92. The Morgan fingerprint density at radius 2 is 2.33 bits per heavy atom. The third-order valence-corrected chi connectivity index (χ3v) is 2.87. The number of hydrogen-bond acceptors (Lipinski definition) is 4. The molecule has 1 aromatic heterocycles. The molecule has 0 saturated carbocycles. The zero-order valence-corrected chi connectivity index (χ0v) is 9.44. The number of nitrogens with zero attached hydrogens (tertiary/aromatic N) is 1. The molecule has 7 heteroatoms. The number of carbonyl (C=O) groups excluding carboxylic acids is 1. The van der Waals surface area contributed by atoms with Crippen LogP contribution in [0, 0.1) is 0 Å². The molecule has 0 aliphatic carbocycles. The van der Waals surface area contributed by atoms with Crippen LogP contribution in [0.3, 0.4) is 0 Å². The van der Waals surface area contributed by atoms with E-state index in [0.717, 1.165) is 0 Å². The van der Waals surface area contributed by atoms with E-state index in [1.807, 2.05) is 0 Å². The fourth-order valence-electron chi connectivity index (χ4n) is 1.89. The Morgan fingerprint density at radius 3 is 2.89 bits per heavy atom. The Hall–Kier alpha value is -1.57. The van der Waals surface area contributed by atoms with E-state index in [1.54, 1.807) is 0 Å². The normalized spacial score (nSPS) is 31.5. The first-order valence-corrected chi connectivity index (χ1v) is 5.43. The van der Waals surface area contributed by atoms with Crippen LogP contribution in [-0.4, -0.2) is 41.1 Å². The first-order valence-electron chi connectivity index (χ1n) is 5.43. The molecule has 0 aromatic carbocycles. The highest BCUT2D eigenvalue weighted by Crippen LogP contribution is 2.27. The fourth-order valence-corrected chi connectivity index (χ4v) is 1.89. The number of aliphatic hydroxyl groups is 2. The maximum absolute atomic E-state index is 13.8. The number of halogens is 1. The van der Waals surface area contributed by atoms with Gasteiger partial charge in [-0.25, -0.2) is 4.39 Å². The van der Waals surface area contributed by atoms with Gasteiger partial charge in [0.1, 0.15) is 17.8 Å². The first-order chi connectivity index (χ1) is 8.54. The van der Waals surface area contributed by atoms with E-state index >= 15 is 0 Å². The highest BCUT2D eigenvalue weighted by atomic mass is 19.1. The molecule has 4 N–H and O–H groups in total. The zero-order chi connectivity index (χ0) is 13.3. The largest absolute Gasteiger partial charge is 0.394 e. The average molecular weight is 257 g/mol. The van der Waals surface area contributed by atoms with Crippen molar-refractivity contribution in [1.82, 2.24) is 0 Å². The van der Waals surface area contributed by atoms with E-state index in [2.05, 4.69) is 0 Å². The van der Waals surface area contributed by atoms with Gasteiger partial charge in [0.25, 0.3) is 12.1 Å². The summed E-state index contributed by atoms with van der Waals surface area (Å²) in [5, 5.41) is 18.4. The van der Waals surface area contributed by atoms with Crippen molar-refractivity contribution < 1.29 is 28.7 Å². The van der Waals surface area contributed by atoms with Gasteiger partial charge in [-0.1, -0.05) is 0 Å². The number of amides is 1. The Balaban J connectivity index is 2.27. The standard InChI is InChI=1S/C11H13FN2O4/c12-8-9(16)7(5-15)18-11(8)14-3-1-2-6(4-14)10(13)17/h1-4,7-9,11,15-16H,5H2,(H-,13,17)/p+1/t7-,8+,9-,11+/m1/s1. The summed E-state index contributed by atoms with van der Waals surface area (Å²) in [5.41, 5.74) is 5.32. The molecule has 0 radical (unpaired) electrons. The van der Waals surface area contributed by atoms with E-state index in [9.17, 15) is 14.3 Å². The van der Waals surface area contributed by atoms with Crippen LogP contribution in [0.25, 0.3) is 0 Å². The number of alkyl halides is 1. The molecular weight excluding hydrogens is 243 g/mol. The van der Waals surface area contributed by atoms with Gasteiger partial charge in [0, 0.05) is 6.07 Å². The number of aliphatic hydroxyl groups excluding tert-OH is 2. The van der Waals surface area contributed by atoms with Gasteiger partial charge in [-0.05, 0) is 6.07 Å². The van der Waals surface area contributed by atoms with Crippen LogP contribution in [-0.2, 0) is 4.74 Å². The summed E-state index contributed by atoms with van der Waals surface area (Å²) >= 11 is 0. The number of hydrogen-bond donors (Lipinski definition) is 3. The van der Waals surface area contributed by atoms with Crippen LogP contribution in [0.5, 0.6) is 0 Å². The lowest BCUT2D eigenvalue weighted by molar-refractivity contribution is -0.764. The second kappa shape index (κ2) is 4.97. The molecule has 4 atom stereocenters. The summed E-state index contributed by atoms with van der Waals surface area (Å²) in [6.07, 6.45) is -2.31. The minimum Gasteiger partial charge on any atom is -0.394 e. The van der Waals surface area contributed by atoms with Gasteiger partial charge in [-0.2, -0.15) is 4.57 Å². The Bertz CT molecular complexity index is 456. The number of rotatable bonds is 3. The van der Waals surface area contributed by atoms with Crippen LogP contribution in [0.4, 0.5) is 4.39 Å². The summed E-state index contributed by atoms with van der Waals surface area (Å²) < 4.78 is 20.3. The van der Waals surface area contributed by atoms with Gasteiger partial charge in [-0.3, -0.25) is 4.79 Å². The minimum atomic E-state index is -1.68. The molecule has 18 heavy (non-hydrogen) atoms. The van der Waals surface area contributed by atoms with Crippen LogP contribution >= 0.6 is 0 Å². The van der Waals surface area contributed by atoms with Crippen molar-refractivity contribution >= 4 is 5.91 Å². The Morgan fingerprint density at radius 1 is 1.61 bits per heavy atom. The van der Waals surface area contributed by atoms with Gasteiger partial charge < -0.3 is 20.7 Å². The maximum Gasteiger partial charge on any atom is 0.297 e. The molecule has 1 aromatic rings. The van der Waals surface area contributed by atoms with Crippen LogP contribution in [0.15, 0.2) is 24.5 Å². The van der Waals surface area contributed by atoms with E-state index in [1.165, 1.54) is 29.1 Å². The predicted octanol–water partition coefficient (Wildman–Crippen LogP) is -1.34. The third-order valence-electron chi connectivity index (χ3n) is 2.87. The molecule has 2 rings (SSSR count). The lowest BCUT2D eigenvalue weighted by Gasteiger charge is -2.08. The van der Waals surface area contributed by atoms with Crippen LogP contribution < -0.4 is 10.3 Å². The molecule has 98 valence electrons. The van der Waals surface area contributed by atoms with Gasteiger partial charge >= 0.3 is 0 Å². The Kier molecular flexibility index (Phi) is 3.55. The molecule has 6 nitrogen and oxygen atoms in total. The summed E-state index contributed by atoms with van der Waals surface area (Å²) in [6.45, 7) is -0.478. The Labute approximate surface area is 102 Å². The van der Waals surface area contributed by atoms with E-state index in [4.69, 9.17) is 15.6 Å². The van der Waals surface area contributed by atoms with Crippen molar-refractivity contribution in [3.63, 3.8) is 0 Å².